The van der Waals surface area contributed by atoms with Crippen molar-refractivity contribution in [2.45, 2.75) is 46.3 Å². The summed E-state index contributed by atoms with van der Waals surface area (Å²) in [6.07, 6.45) is 2.19. The van der Waals surface area contributed by atoms with E-state index in [1.54, 1.807) is 11.3 Å². The van der Waals surface area contributed by atoms with E-state index in [1.165, 1.54) is 16.1 Å². The smallest absolute Gasteiger partial charge is 0.131 e. The lowest BCUT2D eigenvalue weighted by Gasteiger charge is -2.14. The van der Waals surface area contributed by atoms with Crippen LogP contribution in [0, 0.1) is 6.92 Å². The maximum atomic E-state index is 5.91. The average Bonchev–Trinajstić information content (AvgIpc) is 2.93. The summed E-state index contributed by atoms with van der Waals surface area (Å²) in [5, 5.41) is 6.55. The molecule has 1 atom stereocenters. The van der Waals surface area contributed by atoms with E-state index >= 15 is 0 Å². The molecule has 0 aliphatic heterocycles. The third-order valence-electron chi connectivity index (χ3n) is 3.57. The van der Waals surface area contributed by atoms with Crippen molar-refractivity contribution in [1.29, 1.82) is 0 Å². The molecule has 0 amide bonds. The third kappa shape index (κ3) is 4.29. The van der Waals surface area contributed by atoms with Crippen LogP contribution >= 0.6 is 11.3 Å². The van der Waals surface area contributed by atoms with Crippen LogP contribution in [-0.4, -0.2) is 12.0 Å². The Labute approximate surface area is 131 Å². The van der Waals surface area contributed by atoms with Gasteiger partial charge in [0.1, 0.15) is 12.4 Å². The van der Waals surface area contributed by atoms with Gasteiger partial charge in [0, 0.05) is 11.4 Å². The van der Waals surface area contributed by atoms with E-state index in [4.69, 9.17) is 4.74 Å². The van der Waals surface area contributed by atoms with Crippen LogP contribution in [0.1, 0.15) is 48.1 Å². The summed E-state index contributed by atoms with van der Waals surface area (Å²) < 4.78 is 5.91. The highest BCUT2D eigenvalue weighted by Crippen LogP contribution is 2.23. The molecule has 0 saturated carbocycles. The normalized spacial score (nSPS) is 12.4. The maximum absolute atomic E-state index is 5.91. The van der Waals surface area contributed by atoms with Crippen LogP contribution in [0.2, 0.25) is 0 Å². The lowest BCUT2D eigenvalue weighted by molar-refractivity contribution is 0.299. The number of thiazole rings is 1. The fraction of sp³-hybridized carbons (Fsp3) is 0.471. The number of nitrogens with one attached hydrogen (secondary N) is 1. The lowest BCUT2D eigenvalue weighted by atomic mass is 10.1. The molecule has 114 valence electrons. The van der Waals surface area contributed by atoms with Crippen LogP contribution in [0.4, 0.5) is 0 Å². The highest BCUT2D eigenvalue weighted by Gasteiger charge is 2.07. The summed E-state index contributed by atoms with van der Waals surface area (Å²) in [4.78, 5) is 4.59. The number of benzene rings is 1. The van der Waals surface area contributed by atoms with Gasteiger partial charge in [-0.3, -0.25) is 0 Å². The summed E-state index contributed by atoms with van der Waals surface area (Å²) >= 11 is 1.72. The molecule has 21 heavy (non-hydrogen) atoms. The summed E-state index contributed by atoms with van der Waals surface area (Å²) in [6.45, 7) is 6.96. The number of nitrogens with zero attached hydrogens (tertiary/aromatic N) is 1. The van der Waals surface area contributed by atoms with Gasteiger partial charge < -0.3 is 10.1 Å². The van der Waals surface area contributed by atoms with E-state index in [9.17, 15) is 0 Å². The van der Waals surface area contributed by atoms with Crippen LogP contribution in [-0.2, 0) is 13.0 Å². The van der Waals surface area contributed by atoms with Crippen molar-refractivity contribution in [1.82, 2.24) is 10.3 Å². The van der Waals surface area contributed by atoms with Crippen LogP contribution in [0.15, 0.2) is 23.6 Å². The minimum atomic E-state index is 0.355. The summed E-state index contributed by atoms with van der Waals surface area (Å²) in [7, 11) is 1.97. The number of rotatable bonds is 7. The molecule has 1 aromatic carbocycles. The SMILES string of the molecule is CCCc1nc(COc2ccc(C(C)NC)cc2C)cs1. The Morgan fingerprint density at radius 3 is 2.86 bits per heavy atom. The molecule has 1 N–H and O–H groups in total. The first-order chi connectivity index (χ1) is 10.1. The molecule has 2 aromatic rings. The third-order valence-corrected chi connectivity index (χ3v) is 4.53. The van der Waals surface area contributed by atoms with Gasteiger partial charge in [0.2, 0.25) is 0 Å². The molecular weight excluding hydrogens is 280 g/mol. The van der Waals surface area contributed by atoms with E-state index < -0.39 is 0 Å². The highest BCUT2D eigenvalue weighted by atomic mass is 32.1. The van der Waals surface area contributed by atoms with Crippen LogP contribution in [0.25, 0.3) is 0 Å². The Hall–Kier alpha value is -1.39. The molecule has 2 rings (SSSR count). The molecule has 0 radical (unpaired) electrons. The van der Waals surface area contributed by atoms with E-state index in [0.717, 1.165) is 24.3 Å². The molecule has 3 nitrogen and oxygen atoms in total. The van der Waals surface area contributed by atoms with Gasteiger partial charge in [0.15, 0.2) is 0 Å². The maximum Gasteiger partial charge on any atom is 0.131 e. The summed E-state index contributed by atoms with van der Waals surface area (Å²) in [5.41, 5.74) is 3.47. The molecule has 0 saturated heterocycles. The standard InChI is InChI=1S/C17H24N2OS/c1-5-6-17-19-15(11-21-17)10-20-16-8-7-14(9-12(16)2)13(3)18-4/h7-9,11,13,18H,5-6,10H2,1-4H3. The topological polar surface area (TPSA) is 34.1 Å². The summed E-state index contributed by atoms with van der Waals surface area (Å²) in [6, 6.07) is 6.71. The van der Waals surface area contributed by atoms with E-state index in [1.807, 2.05) is 7.05 Å². The predicted molar refractivity (Wildman–Crippen MR) is 89.1 cm³/mol. The lowest BCUT2D eigenvalue weighted by Crippen LogP contribution is -2.12. The van der Waals surface area contributed by atoms with Gasteiger partial charge in [0.05, 0.1) is 10.7 Å². The van der Waals surface area contributed by atoms with Crippen molar-refractivity contribution in [3.05, 3.63) is 45.4 Å². The van der Waals surface area contributed by atoms with E-state index in [-0.39, 0.29) is 0 Å². The second-order valence-corrected chi connectivity index (χ2v) is 6.25. The monoisotopic (exact) mass is 304 g/mol. The molecule has 0 bridgehead atoms. The molecule has 1 aromatic heterocycles. The van der Waals surface area contributed by atoms with Gasteiger partial charge in [-0.05, 0) is 50.9 Å². The molecule has 4 heteroatoms. The second-order valence-electron chi connectivity index (χ2n) is 5.31. The van der Waals surface area contributed by atoms with Crippen molar-refractivity contribution in [3.63, 3.8) is 0 Å². The van der Waals surface area contributed by atoms with Gasteiger partial charge in [-0.1, -0.05) is 19.1 Å². The van der Waals surface area contributed by atoms with E-state index in [2.05, 4.69) is 54.7 Å². The highest BCUT2D eigenvalue weighted by molar-refractivity contribution is 7.09. The van der Waals surface area contributed by atoms with Crippen LogP contribution in [0.3, 0.4) is 0 Å². The molecule has 0 fully saturated rings. The Kier molecular flexibility index (Phi) is 5.76. The molecule has 0 aliphatic carbocycles. The minimum Gasteiger partial charge on any atom is -0.487 e. The van der Waals surface area contributed by atoms with Gasteiger partial charge >= 0.3 is 0 Å². The van der Waals surface area contributed by atoms with Crippen molar-refractivity contribution in [3.8, 4) is 5.75 Å². The van der Waals surface area contributed by atoms with Crippen molar-refractivity contribution in [2.75, 3.05) is 7.05 Å². The zero-order chi connectivity index (χ0) is 15.2. The summed E-state index contributed by atoms with van der Waals surface area (Å²) in [5.74, 6) is 0.937. The van der Waals surface area contributed by atoms with Crippen molar-refractivity contribution in [2.24, 2.45) is 0 Å². The zero-order valence-corrected chi connectivity index (χ0v) is 14.1. The van der Waals surface area contributed by atoms with Crippen molar-refractivity contribution >= 4 is 11.3 Å². The number of hydrogen-bond acceptors (Lipinski definition) is 4. The van der Waals surface area contributed by atoms with Crippen molar-refractivity contribution < 1.29 is 4.74 Å². The number of ether oxygens (including phenoxy) is 1. The van der Waals surface area contributed by atoms with Gasteiger partial charge in [0.25, 0.3) is 0 Å². The molecule has 0 aliphatic rings. The molecular formula is C17H24N2OS. The number of aryl methyl sites for hydroxylation is 2. The first-order valence-corrected chi connectivity index (χ1v) is 8.36. The van der Waals surface area contributed by atoms with E-state index in [0.29, 0.717) is 12.6 Å². The Bertz CT molecular complexity index is 580. The predicted octanol–water partition coefficient (Wildman–Crippen LogP) is 4.26. The molecule has 1 heterocycles. The fourth-order valence-corrected chi connectivity index (χ4v) is 3.05. The first-order valence-electron chi connectivity index (χ1n) is 7.48. The average molecular weight is 304 g/mol. The number of aromatic nitrogens is 1. The number of hydrogen-bond donors (Lipinski definition) is 1. The van der Waals surface area contributed by atoms with Gasteiger partial charge in [-0.15, -0.1) is 11.3 Å². The Balaban J connectivity index is 1.99. The first kappa shape index (κ1) is 16.0. The van der Waals surface area contributed by atoms with Crippen LogP contribution in [0.5, 0.6) is 5.75 Å². The Morgan fingerprint density at radius 2 is 2.19 bits per heavy atom. The largest absolute Gasteiger partial charge is 0.487 e. The fourth-order valence-electron chi connectivity index (χ4n) is 2.17. The zero-order valence-electron chi connectivity index (χ0n) is 13.3. The van der Waals surface area contributed by atoms with Gasteiger partial charge in [-0.25, -0.2) is 4.98 Å². The quantitative estimate of drug-likeness (QED) is 0.829. The minimum absolute atomic E-state index is 0.355. The molecule has 0 spiro atoms. The van der Waals surface area contributed by atoms with Gasteiger partial charge in [-0.2, -0.15) is 0 Å². The Morgan fingerprint density at radius 1 is 1.38 bits per heavy atom. The second kappa shape index (κ2) is 7.57. The molecule has 1 unspecified atom stereocenters. The van der Waals surface area contributed by atoms with Crippen LogP contribution < -0.4 is 10.1 Å².